The van der Waals surface area contributed by atoms with E-state index in [1.54, 1.807) is 19.4 Å². The molecule has 0 atom stereocenters. The molecule has 22 heavy (non-hydrogen) atoms. The zero-order chi connectivity index (χ0) is 15.7. The summed E-state index contributed by atoms with van der Waals surface area (Å²) in [6.45, 7) is 1.95. The third-order valence-electron chi connectivity index (χ3n) is 3.65. The Balaban J connectivity index is 1.97. The van der Waals surface area contributed by atoms with E-state index < -0.39 is 0 Å². The molecule has 0 saturated carbocycles. The van der Waals surface area contributed by atoms with Crippen molar-refractivity contribution >= 4 is 22.6 Å². The van der Waals surface area contributed by atoms with Gasteiger partial charge in [-0.05, 0) is 36.8 Å². The molecule has 0 aliphatic rings. The van der Waals surface area contributed by atoms with Gasteiger partial charge in [0.2, 0.25) is 0 Å². The predicted molar refractivity (Wildman–Crippen MR) is 86.4 cm³/mol. The number of rotatable bonds is 3. The third-order valence-corrected chi connectivity index (χ3v) is 3.65. The van der Waals surface area contributed by atoms with Gasteiger partial charge in [0.25, 0.3) is 5.91 Å². The summed E-state index contributed by atoms with van der Waals surface area (Å²) in [4.78, 5) is 16.7. The minimum Gasteiger partial charge on any atom is -0.496 e. The molecule has 0 saturated heterocycles. The van der Waals surface area contributed by atoms with E-state index in [0.717, 1.165) is 22.2 Å². The summed E-state index contributed by atoms with van der Waals surface area (Å²) in [5.74, 6) is 1.09. The van der Waals surface area contributed by atoms with E-state index in [-0.39, 0.29) is 5.91 Å². The first-order valence-electron chi connectivity index (χ1n) is 6.96. The maximum absolute atomic E-state index is 12.5. The SMILES string of the molecule is COc1cccc2c1cc(C(=O)Nc1ccc(C)cn1)n2C. The lowest BCUT2D eigenvalue weighted by Gasteiger charge is -2.06. The summed E-state index contributed by atoms with van der Waals surface area (Å²) >= 11 is 0. The molecular formula is C17H17N3O2. The van der Waals surface area contributed by atoms with Gasteiger partial charge in [-0.1, -0.05) is 12.1 Å². The molecule has 5 heteroatoms. The van der Waals surface area contributed by atoms with E-state index in [1.165, 1.54) is 0 Å². The Morgan fingerprint density at radius 3 is 2.77 bits per heavy atom. The molecule has 1 amide bonds. The summed E-state index contributed by atoms with van der Waals surface area (Å²) in [6, 6.07) is 11.3. The highest BCUT2D eigenvalue weighted by molar-refractivity contribution is 6.06. The second-order valence-corrected chi connectivity index (χ2v) is 5.16. The lowest BCUT2D eigenvalue weighted by molar-refractivity contribution is 0.101. The van der Waals surface area contributed by atoms with Gasteiger partial charge in [0, 0.05) is 18.6 Å². The molecule has 0 spiro atoms. The maximum Gasteiger partial charge on any atom is 0.273 e. The van der Waals surface area contributed by atoms with E-state index in [4.69, 9.17) is 4.74 Å². The Labute approximate surface area is 128 Å². The zero-order valence-corrected chi connectivity index (χ0v) is 12.8. The third kappa shape index (κ3) is 2.41. The molecule has 0 aliphatic heterocycles. The van der Waals surface area contributed by atoms with Crippen molar-refractivity contribution in [3.63, 3.8) is 0 Å². The number of nitrogens with one attached hydrogen (secondary N) is 1. The number of ether oxygens (including phenoxy) is 1. The maximum atomic E-state index is 12.5. The molecule has 0 bridgehead atoms. The summed E-state index contributed by atoms with van der Waals surface area (Å²) in [7, 11) is 3.48. The number of benzene rings is 1. The van der Waals surface area contributed by atoms with Crippen LogP contribution in [0.3, 0.4) is 0 Å². The van der Waals surface area contributed by atoms with Crippen LogP contribution in [-0.4, -0.2) is 22.6 Å². The van der Waals surface area contributed by atoms with Crippen molar-refractivity contribution in [1.29, 1.82) is 0 Å². The predicted octanol–water partition coefficient (Wildman–Crippen LogP) is 3.14. The van der Waals surface area contributed by atoms with Crippen molar-refractivity contribution in [1.82, 2.24) is 9.55 Å². The first-order chi connectivity index (χ1) is 10.6. The molecular weight excluding hydrogens is 278 g/mol. The number of nitrogens with zero attached hydrogens (tertiary/aromatic N) is 2. The van der Waals surface area contributed by atoms with Crippen LogP contribution in [0.25, 0.3) is 10.9 Å². The lowest BCUT2D eigenvalue weighted by Crippen LogP contribution is -2.16. The molecule has 112 valence electrons. The fourth-order valence-corrected chi connectivity index (χ4v) is 2.45. The van der Waals surface area contributed by atoms with Gasteiger partial charge in [-0.15, -0.1) is 0 Å². The molecule has 0 fully saturated rings. The van der Waals surface area contributed by atoms with Crippen LogP contribution in [0, 0.1) is 6.92 Å². The molecule has 3 aromatic rings. The fraction of sp³-hybridized carbons (Fsp3) is 0.176. The second-order valence-electron chi connectivity index (χ2n) is 5.16. The van der Waals surface area contributed by atoms with Gasteiger partial charge in [-0.2, -0.15) is 0 Å². The molecule has 0 unspecified atom stereocenters. The average molecular weight is 295 g/mol. The molecule has 2 aromatic heterocycles. The van der Waals surface area contributed by atoms with Gasteiger partial charge < -0.3 is 14.6 Å². The monoisotopic (exact) mass is 295 g/mol. The minimum absolute atomic E-state index is 0.197. The number of anilines is 1. The number of carbonyl (C=O) groups is 1. The van der Waals surface area contributed by atoms with E-state index in [9.17, 15) is 4.79 Å². The van der Waals surface area contributed by atoms with E-state index in [2.05, 4.69) is 10.3 Å². The van der Waals surface area contributed by atoms with Crippen molar-refractivity contribution < 1.29 is 9.53 Å². The van der Waals surface area contributed by atoms with Crippen molar-refractivity contribution in [3.05, 3.63) is 53.9 Å². The normalized spacial score (nSPS) is 10.7. The standard InChI is InChI=1S/C17H17N3O2/c1-11-7-8-16(18-10-11)19-17(21)14-9-12-13(20(14)2)5-4-6-15(12)22-3/h4-10H,1-3H3,(H,18,19,21). The van der Waals surface area contributed by atoms with Crippen LogP contribution in [0.4, 0.5) is 5.82 Å². The molecule has 3 rings (SSSR count). The first kappa shape index (κ1) is 14.1. The van der Waals surface area contributed by atoms with Gasteiger partial charge in [0.15, 0.2) is 0 Å². The van der Waals surface area contributed by atoms with E-state index in [1.807, 2.05) is 48.9 Å². The van der Waals surface area contributed by atoms with Crippen molar-refractivity contribution in [3.8, 4) is 5.75 Å². The average Bonchev–Trinajstić information content (AvgIpc) is 2.87. The molecule has 0 aliphatic carbocycles. The highest BCUT2D eigenvalue weighted by atomic mass is 16.5. The van der Waals surface area contributed by atoms with Crippen LogP contribution in [0.5, 0.6) is 5.75 Å². The van der Waals surface area contributed by atoms with Crippen molar-refractivity contribution in [2.24, 2.45) is 7.05 Å². The summed E-state index contributed by atoms with van der Waals surface area (Å²) in [5, 5.41) is 3.72. The molecule has 1 aromatic carbocycles. The van der Waals surface area contributed by atoms with Crippen molar-refractivity contribution in [2.75, 3.05) is 12.4 Å². The Bertz CT molecular complexity index is 835. The van der Waals surface area contributed by atoms with Crippen LogP contribution in [-0.2, 0) is 7.05 Å². The number of aromatic nitrogens is 2. The van der Waals surface area contributed by atoms with Crippen molar-refractivity contribution in [2.45, 2.75) is 6.92 Å². The quantitative estimate of drug-likeness (QED) is 0.807. The number of pyridine rings is 1. The largest absolute Gasteiger partial charge is 0.496 e. The van der Waals surface area contributed by atoms with Gasteiger partial charge in [-0.3, -0.25) is 4.79 Å². The van der Waals surface area contributed by atoms with Gasteiger partial charge in [-0.25, -0.2) is 4.98 Å². The van der Waals surface area contributed by atoms with Gasteiger partial charge in [0.1, 0.15) is 17.3 Å². The Morgan fingerprint density at radius 2 is 2.09 bits per heavy atom. The smallest absolute Gasteiger partial charge is 0.273 e. The van der Waals surface area contributed by atoms with Crippen LogP contribution >= 0.6 is 0 Å². The number of aryl methyl sites for hydroxylation is 2. The number of methoxy groups -OCH3 is 1. The highest BCUT2D eigenvalue weighted by Gasteiger charge is 2.16. The lowest BCUT2D eigenvalue weighted by atomic mass is 10.2. The Kier molecular flexibility index (Phi) is 3.55. The topological polar surface area (TPSA) is 56.1 Å². The summed E-state index contributed by atoms with van der Waals surface area (Å²) < 4.78 is 7.20. The Hall–Kier alpha value is -2.82. The van der Waals surface area contributed by atoms with Crippen LogP contribution in [0.2, 0.25) is 0 Å². The van der Waals surface area contributed by atoms with E-state index in [0.29, 0.717) is 11.5 Å². The van der Waals surface area contributed by atoms with Crippen LogP contribution in [0.15, 0.2) is 42.6 Å². The van der Waals surface area contributed by atoms with Gasteiger partial charge >= 0.3 is 0 Å². The number of hydrogen-bond donors (Lipinski definition) is 1. The number of fused-ring (bicyclic) bond motifs is 1. The minimum atomic E-state index is -0.197. The Morgan fingerprint density at radius 1 is 1.27 bits per heavy atom. The first-order valence-corrected chi connectivity index (χ1v) is 6.96. The molecule has 2 heterocycles. The van der Waals surface area contributed by atoms with E-state index >= 15 is 0 Å². The second kappa shape index (κ2) is 5.52. The molecule has 1 N–H and O–H groups in total. The highest BCUT2D eigenvalue weighted by Crippen LogP contribution is 2.28. The van der Waals surface area contributed by atoms with Crippen LogP contribution in [0.1, 0.15) is 16.1 Å². The van der Waals surface area contributed by atoms with Crippen LogP contribution < -0.4 is 10.1 Å². The zero-order valence-electron chi connectivity index (χ0n) is 12.8. The number of carbonyl (C=O) groups excluding carboxylic acids is 1. The summed E-state index contributed by atoms with van der Waals surface area (Å²) in [6.07, 6.45) is 1.72. The number of amides is 1. The molecule has 5 nitrogen and oxygen atoms in total. The van der Waals surface area contributed by atoms with Gasteiger partial charge in [0.05, 0.1) is 12.6 Å². The fourth-order valence-electron chi connectivity index (χ4n) is 2.45. The summed E-state index contributed by atoms with van der Waals surface area (Å²) in [5.41, 5.74) is 2.55. The molecule has 0 radical (unpaired) electrons. The number of hydrogen-bond acceptors (Lipinski definition) is 3.